The molecule has 0 aliphatic heterocycles. The predicted octanol–water partition coefficient (Wildman–Crippen LogP) is 3.21. The third kappa shape index (κ3) is 3.97. The van der Waals surface area contributed by atoms with Crippen molar-refractivity contribution in [2.24, 2.45) is 5.92 Å². The normalized spacial score (nSPS) is 24.4. The number of hydrogen-bond donors (Lipinski definition) is 2. The summed E-state index contributed by atoms with van der Waals surface area (Å²) < 4.78 is 5.45. The van der Waals surface area contributed by atoms with Crippen molar-refractivity contribution in [2.75, 3.05) is 13.7 Å². The fourth-order valence-electron chi connectivity index (χ4n) is 3.09. The van der Waals surface area contributed by atoms with E-state index >= 15 is 0 Å². The zero-order valence-electron chi connectivity index (χ0n) is 12.9. The van der Waals surface area contributed by atoms with Gasteiger partial charge in [0.25, 0.3) is 0 Å². The minimum absolute atomic E-state index is 0.0978. The van der Waals surface area contributed by atoms with Crippen molar-refractivity contribution in [2.45, 2.75) is 51.7 Å². The van der Waals surface area contributed by atoms with E-state index in [-0.39, 0.29) is 12.1 Å². The van der Waals surface area contributed by atoms with Gasteiger partial charge in [-0.3, -0.25) is 0 Å². The van der Waals surface area contributed by atoms with Crippen LogP contribution in [0.5, 0.6) is 5.75 Å². The van der Waals surface area contributed by atoms with E-state index in [4.69, 9.17) is 4.74 Å². The van der Waals surface area contributed by atoms with Crippen LogP contribution < -0.4 is 10.1 Å². The lowest BCUT2D eigenvalue weighted by Crippen LogP contribution is -2.30. The van der Waals surface area contributed by atoms with Gasteiger partial charge in [0, 0.05) is 11.6 Å². The van der Waals surface area contributed by atoms with Crippen molar-refractivity contribution in [1.82, 2.24) is 5.32 Å². The molecule has 2 rings (SSSR count). The van der Waals surface area contributed by atoms with Gasteiger partial charge < -0.3 is 15.2 Å². The summed E-state index contributed by atoms with van der Waals surface area (Å²) in [7, 11) is 1.72. The average Bonchev–Trinajstić information content (AvgIpc) is 2.45. The average molecular weight is 277 g/mol. The minimum atomic E-state index is -0.0978. The van der Waals surface area contributed by atoms with E-state index < -0.39 is 0 Å². The maximum Gasteiger partial charge on any atom is 0.123 e. The van der Waals surface area contributed by atoms with E-state index in [1.165, 1.54) is 17.5 Å². The van der Waals surface area contributed by atoms with Crippen LogP contribution in [0.4, 0.5) is 0 Å². The van der Waals surface area contributed by atoms with Crippen LogP contribution in [0.25, 0.3) is 0 Å². The van der Waals surface area contributed by atoms with Gasteiger partial charge in [-0.05, 0) is 51.6 Å². The lowest BCUT2D eigenvalue weighted by Gasteiger charge is -2.27. The lowest BCUT2D eigenvalue weighted by atomic mass is 9.87. The van der Waals surface area contributed by atoms with E-state index in [9.17, 15) is 5.11 Å². The van der Waals surface area contributed by atoms with E-state index in [0.717, 1.165) is 31.6 Å². The van der Waals surface area contributed by atoms with Gasteiger partial charge in [-0.2, -0.15) is 0 Å². The maximum absolute atomic E-state index is 9.73. The molecule has 1 fully saturated rings. The second-order valence-electron chi connectivity index (χ2n) is 6.06. The molecule has 2 N–H and O–H groups in total. The fourth-order valence-corrected chi connectivity index (χ4v) is 3.09. The molecule has 112 valence electrons. The predicted molar refractivity (Wildman–Crippen MR) is 82.1 cm³/mol. The van der Waals surface area contributed by atoms with Crippen molar-refractivity contribution < 1.29 is 9.84 Å². The Bertz CT molecular complexity index is 433. The smallest absolute Gasteiger partial charge is 0.123 e. The minimum Gasteiger partial charge on any atom is -0.496 e. The highest BCUT2D eigenvalue weighted by atomic mass is 16.5. The van der Waals surface area contributed by atoms with Gasteiger partial charge in [-0.1, -0.05) is 24.1 Å². The quantitative estimate of drug-likeness (QED) is 0.868. The molecular weight excluding hydrogens is 250 g/mol. The third-order valence-corrected chi connectivity index (χ3v) is 4.32. The van der Waals surface area contributed by atoms with Crippen LogP contribution in [0.3, 0.4) is 0 Å². The molecule has 0 aromatic heterocycles. The number of methoxy groups -OCH3 is 1. The van der Waals surface area contributed by atoms with Crippen molar-refractivity contribution >= 4 is 0 Å². The SMILES string of the molecule is COc1ccc(C)cc1C(C)NCC1CCCC(O)C1. The van der Waals surface area contributed by atoms with Crippen molar-refractivity contribution in [3.05, 3.63) is 29.3 Å². The second kappa shape index (κ2) is 7.09. The molecule has 3 unspecified atom stereocenters. The Morgan fingerprint density at radius 3 is 2.90 bits per heavy atom. The highest BCUT2D eigenvalue weighted by molar-refractivity contribution is 5.38. The fraction of sp³-hybridized carbons (Fsp3) is 0.647. The van der Waals surface area contributed by atoms with E-state index in [2.05, 4.69) is 31.3 Å². The zero-order valence-corrected chi connectivity index (χ0v) is 12.9. The number of hydrogen-bond acceptors (Lipinski definition) is 3. The van der Waals surface area contributed by atoms with Gasteiger partial charge in [0.1, 0.15) is 5.75 Å². The molecule has 3 nitrogen and oxygen atoms in total. The molecule has 1 aromatic rings. The molecule has 0 bridgehead atoms. The number of nitrogens with one attached hydrogen (secondary N) is 1. The number of ether oxygens (including phenoxy) is 1. The summed E-state index contributed by atoms with van der Waals surface area (Å²) >= 11 is 0. The molecule has 1 aromatic carbocycles. The summed E-state index contributed by atoms with van der Waals surface area (Å²) in [6.07, 6.45) is 4.18. The van der Waals surface area contributed by atoms with Gasteiger partial charge in [0.2, 0.25) is 0 Å². The van der Waals surface area contributed by atoms with Crippen LogP contribution in [0.2, 0.25) is 0 Å². The Labute approximate surface area is 122 Å². The first-order valence-corrected chi connectivity index (χ1v) is 7.66. The lowest BCUT2D eigenvalue weighted by molar-refractivity contribution is 0.0998. The van der Waals surface area contributed by atoms with Crippen molar-refractivity contribution in [1.29, 1.82) is 0 Å². The van der Waals surface area contributed by atoms with E-state index in [1.807, 2.05) is 6.07 Å². The molecule has 0 heterocycles. The molecule has 0 amide bonds. The monoisotopic (exact) mass is 277 g/mol. The molecule has 1 saturated carbocycles. The molecule has 3 atom stereocenters. The highest BCUT2D eigenvalue weighted by Crippen LogP contribution is 2.28. The molecule has 0 spiro atoms. The third-order valence-electron chi connectivity index (χ3n) is 4.32. The van der Waals surface area contributed by atoms with E-state index in [0.29, 0.717) is 5.92 Å². The zero-order chi connectivity index (χ0) is 14.5. The molecular formula is C17H27NO2. The standard InChI is InChI=1S/C17H27NO2/c1-12-7-8-17(20-3)16(9-12)13(2)18-11-14-5-4-6-15(19)10-14/h7-9,13-15,18-19H,4-6,10-11H2,1-3H3. The number of aliphatic hydroxyl groups excluding tert-OH is 1. The van der Waals surface area contributed by atoms with Crippen LogP contribution >= 0.6 is 0 Å². The largest absolute Gasteiger partial charge is 0.496 e. The summed E-state index contributed by atoms with van der Waals surface area (Å²) in [5.41, 5.74) is 2.46. The topological polar surface area (TPSA) is 41.5 Å². The highest BCUT2D eigenvalue weighted by Gasteiger charge is 2.21. The van der Waals surface area contributed by atoms with Crippen molar-refractivity contribution in [3.63, 3.8) is 0 Å². The molecule has 20 heavy (non-hydrogen) atoms. The first kappa shape index (κ1) is 15.3. The Hall–Kier alpha value is -1.06. The van der Waals surface area contributed by atoms with Crippen LogP contribution in [-0.4, -0.2) is 24.9 Å². The van der Waals surface area contributed by atoms with Gasteiger partial charge in [0.15, 0.2) is 0 Å². The van der Waals surface area contributed by atoms with Crippen LogP contribution in [0.15, 0.2) is 18.2 Å². The maximum atomic E-state index is 9.73. The molecule has 3 heteroatoms. The summed E-state index contributed by atoms with van der Waals surface area (Å²) in [4.78, 5) is 0. The summed E-state index contributed by atoms with van der Waals surface area (Å²) in [5.74, 6) is 1.54. The molecule has 0 saturated heterocycles. The molecule has 1 aliphatic rings. The van der Waals surface area contributed by atoms with Gasteiger partial charge in [-0.25, -0.2) is 0 Å². The molecule has 0 radical (unpaired) electrons. The Morgan fingerprint density at radius 1 is 1.40 bits per heavy atom. The Morgan fingerprint density at radius 2 is 2.20 bits per heavy atom. The number of rotatable bonds is 5. The summed E-state index contributed by atoms with van der Waals surface area (Å²) in [6.45, 7) is 5.25. The summed E-state index contributed by atoms with van der Waals surface area (Å²) in [6, 6.07) is 6.57. The molecule has 1 aliphatic carbocycles. The van der Waals surface area contributed by atoms with Gasteiger partial charge in [-0.15, -0.1) is 0 Å². The van der Waals surface area contributed by atoms with Crippen LogP contribution in [-0.2, 0) is 0 Å². The van der Waals surface area contributed by atoms with Crippen LogP contribution in [0, 0.1) is 12.8 Å². The van der Waals surface area contributed by atoms with Crippen molar-refractivity contribution in [3.8, 4) is 5.75 Å². The first-order chi connectivity index (χ1) is 9.60. The van der Waals surface area contributed by atoms with E-state index in [1.54, 1.807) is 7.11 Å². The number of aryl methyl sites for hydroxylation is 1. The van der Waals surface area contributed by atoms with Gasteiger partial charge >= 0.3 is 0 Å². The Balaban J connectivity index is 1.94. The first-order valence-electron chi connectivity index (χ1n) is 7.66. The number of aliphatic hydroxyl groups is 1. The summed E-state index contributed by atoms with van der Waals surface area (Å²) in [5, 5.41) is 13.3. The number of benzene rings is 1. The Kier molecular flexibility index (Phi) is 5.44. The van der Waals surface area contributed by atoms with Crippen LogP contribution in [0.1, 0.15) is 49.8 Å². The second-order valence-corrected chi connectivity index (χ2v) is 6.06. The van der Waals surface area contributed by atoms with Gasteiger partial charge in [0.05, 0.1) is 13.2 Å².